The summed E-state index contributed by atoms with van der Waals surface area (Å²) in [6.45, 7) is 10.5. The average Bonchev–Trinajstić information content (AvgIpc) is 3.22. The zero-order chi connectivity index (χ0) is 27.2. The number of ether oxygens (including phenoxy) is 1. The molecule has 11 heteroatoms. The van der Waals surface area contributed by atoms with Gasteiger partial charge in [0, 0.05) is 36.9 Å². The van der Waals surface area contributed by atoms with E-state index in [1.165, 1.54) is 29.7 Å². The van der Waals surface area contributed by atoms with Gasteiger partial charge in [-0.15, -0.1) is 11.3 Å². The molecule has 2 aliphatic rings. The van der Waals surface area contributed by atoms with Crippen molar-refractivity contribution in [3.05, 3.63) is 45.6 Å². The van der Waals surface area contributed by atoms with Crippen LogP contribution >= 0.6 is 27.3 Å². The number of carbonyl (C=O) groups is 2. The number of nitrogens with zero attached hydrogens (tertiary/aromatic N) is 6. The van der Waals surface area contributed by atoms with Gasteiger partial charge in [0.1, 0.15) is 22.0 Å². The fourth-order valence-electron chi connectivity index (χ4n) is 4.70. The maximum Gasteiger partial charge on any atom is 0.410 e. The Morgan fingerprint density at radius 1 is 1.21 bits per heavy atom. The largest absolute Gasteiger partial charge is 0.444 e. The van der Waals surface area contributed by atoms with Gasteiger partial charge in [0.2, 0.25) is 0 Å². The number of rotatable bonds is 6. The van der Waals surface area contributed by atoms with E-state index in [4.69, 9.17) is 9.84 Å². The molecule has 1 saturated heterocycles. The van der Waals surface area contributed by atoms with Gasteiger partial charge in [-0.3, -0.25) is 4.79 Å². The fourth-order valence-corrected chi connectivity index (χ4v) is 6.08. The van der Waals surface area contributed by atoms with Crippen LogP contribution in [0.3, 0.4) is 0 Å². The van der Waals surface area contributed by atoms with Crippen LogP contribution in [0.4, 0.5) is 4.79 Å². The Hall–Kier alpha value is -2.79. The third-order valence-corrected chi connectivity index (χ3v) is 8.08. The Bertz CT molecular complexity index is 1330. The van der Waals surface area contributed by atoms with Gasteiger partial charge in [-0.05, 0) is 87.4 Å². The van der Waals surface area contributed by atoms with Crippen LogP contribution in [0.25, 0.3) is 16.5 Å². The van der Waals surface area contributed by atoms with Gasteiger partial charge < -0.3 is 14.5 Å². The lowest BCUT2D eigenvalue weighted by molar-refractivity contribution is 0.0268. The summed E-state index contributed by atoms with van der Waals surface area (Å²) in [6, 6.07) is 3.95. The van der Waals surface area contributed by atoms with Crippen molar-refractivity contribution in [1.29, 1.82) is 0 Å². The lowest BCUT2D eigenvalue weighted by Crippen LogP contribution is -2.47. The predicted molar refractivity (Wildman–Crippen MR) is 150 cm³/mol. The molecule has 0 spiro atoms. The van der Waals surface area contributed by atoms with E-state index in [1.54, 1.807) is 15.0 Å². The molecule has 1 atom stereocenters. The second-order valence-electron chi connectivity index (χ2n) is 11.2. The van der Waals surface area contributed by atoms with Gasteiger partial charge in [0.25, 0.3) is 5.91 Å². The number of amides is 2. The second-order valence-corrected chi connectivity index (χ2v) is 12.9. The van der Waals surface area contributed by atoms with Gasteiger partial charge in [0.05, 0.1) is 10.5 Å². The fraction of sp³-hybridized carbons (Fsp3) is 0.519. The molecule has 0 radical (unpaired) electrons. The van der Waals surface area contributed by atoms with Crippen molar-refractivity contribution in [2.75, 3.05) is 13.1 Å². The summed E-state index contributed by atoms with van der Waals surface area (Å²) in [5, 5.41) is 7.13. The summed E-state index contributed by atoms with van der Waals surface area (Å²) in [5.74, 6) is 1.24. The van der Waals surface area contributed by atoms with Crippen molar-refractivity contribution in [1.82, 2.24) is 29.5 Å². The molecular formula is C27H33BrN6O3S. The summed E-state index contributed by atoms with van der Waals surface area (Å²) in [7, 11) is 0. The van der Waals surface area contributed by atoms with Crippen molar-refractivity contribution in [2.45, 2.75) is 77.5 Å². The summed E-state index contributed by atoms with van der Waals surface area (Å²) in [4.78, 5) is 38.9. The number of likely N-dealkylation sites (tertiary alicyclic amines) is 1. The van der Waals surface area contributed by atoms with E-state index >= 15 is 0 Å². The Morgan fingerprint density at radius 2 is 1.97 bits per heavy atom. The Morgan fingerprint density at radius 3 is 2.61 bits per heavy atom. The number of hydrogen-bond donors (Lipinski definition) is 0. The van der Waals surface area contributed by atoms with Crippen LogP contribution < -0.4 is 0 Å². The molecule has 3 aromatic rings. The topological polar surface area (TPSA) is 93.5 Å². The van der Waals surface area contributed by atoms with Crippen molar-refractivity contribution in [2.24, 2.45) is 0 Å². The summed E-state index contributed by atoms with van der Waals surface area (Å²) in [6.07, 6.45) is 6.62. The number of halogens is 1. The van der Waals surface area contributed by atoms with Gasteiger partial charge in [-0.25, -0.2) is 19.4 Å². The monoisotopic (exact) mass is 600 g/mol. The quantitative estimate of drug-likeness (QED) is 0.350. The molecule has 1 saturated carbocycles. The number of pyridine rings is 1. The van der Waals surface area contributed by atoms with Gasteiger partial charge in [-0.1, -0.05) is 6.07 Å². The minimum Gasteiger partial charge on any atom is -0.444 e. The Balaban J connectivity index is 1.31. The average molecular weight is 602 g/mol. The van der Waals surface area contributed by atoms with Crippen LogP contribution in [0.1, 0.15) is 75.9 Å². The zero-order valence-electron chi connectivity index (χ0n) is 22.3. The van der Waals surface area contributed by atoms with Crippen LogP contribution in [-0.4, -0.2) is 72.3 Å². The molecule has 5 rings (SSSR count). The van der Waals surface area contributed by atoms with E-state index in [1.807, 2.05) is 58.0 Å². The zero-order valence-corrected chi connectivity index (χ0v) is 24.8. The van der Waals surface area contributed by atoms with Crippen LogP contribution in [-0.2, 0) is 4.74 Å². The van der Waals surface area contributed by atoms with Crippen LogP contribution in [0.15, 0.2) is 34.4 Å². The first-order valence-corrected chi connectivity index (χ1v) is 14.7. The second kappa shape index (κ2) is 10.4. The van der Waals surface area contributed by atoms with Gasteiger partial charge in [0.15, 0.2) is 5.82 Å². The highest BCUT2D eigenvalue weighted by Gasteiger charge is 2.37. The summed E-state index contributed by atoms with van der Waals surface area (Å²) >= 11 is 4.99. The number of thiazole rings is 1. The van der Waals surface area contributed by atoms with Crippen LogP contribution in [0, 0.1) is 0 Å². The molecule has 3 aromatic heterocycles. The molecule has 0 bridgehead atoms. The Kier molecular flexibility index (Phi) is 7.34. The van der Waals surface area contributed by atoms with Crippen molar-refractivity contribution >= 4 is 39.3 Å². The molecule has 4 heterocycles. The van der Waals surface area contributed by atoms with E-state index in [2.05, 4.69) is 32.0 Å². The lowest BCUT2D eigenvalue weighted by Gasteiger charge is -2.32. The molecule has 2 fully saturated rings. The molecule has 1 aliphatic heterocycles. The highest BCUT2D eigenvalue weighted by Crippen LogP contribution is 2.39. The number of aromatic nitrogens is 4. The summed E-state index contributed by atoms with van der Waals surface area (Å²) < 4.78 is 8.03. The maximum absolute atomic E-state index is 13.6. The van der Waals surface area contributed by atoms with Gasteiger partial charge >= 0.3 is 6.09 Å². The van der Waals surface area contributed by atoms with Crippen molar-refractivity contribution in [3.8, 4) is 16.5 Å². The first-order valence-electron chi connectivity index (χ1n) is 13.0. The van der Waals surface area contributed by atoms with E-state index in [-0.39, 0.29) is 24.1 Å². The highest BCUT2D eigenvalue weighted by molar-refractivity contribution is 9.10. The van der Waals surface area contributed by atoms with E-state index in [0.717, 1.165) is 10.3 Å². The minimum absolute atomic E-state index is 0.0492. The third-order valence-electron chi connectivity index (χ3n) is 6.65. The standard InChI is InChI=1S/C27H33BrN6O3S/c1-16(2)34(19-10-11-32(13-19)26(36)37-27(3,4)5)25(35)21-15-38-24(30-21)23-20(28)14-33(31-23)22-9-8-18(12-29-22)17-6-7-17/h8-9,12,14-17,19H,6-7,10-11,13H2,1-5H3/t19-/m0/s1. The molecule has 0 aromatic carbocycles. The molecule has 1 aliphatic carbocycles. The number of hydrogen-bond acceptors (Lipinski definition) is 7. The minimum atomic E-state index is -0.558. The SMILES string of the molecule is CC(C)N(C(=O)c1csc(-c2nn(-c3ccc(C4CC4)cn3)cc2Br)n1)[C@H]1CCN(C(=O)OC(C)(C)C)C1. The molecule has 0 unspecified atom stereocenters. The first-order chi connectivity index (χ1) is 18.0. The summed E-state index contributed by atoms with van der Waals surface area (Å²) in [5.41, 5.74) is 1.75. The van der Waals surface area contributed by atoms with E-state index in [0.29, 0.717) is 41.8 Å². The highest BCUT2D eigenvalue weighted by atomic mass is 79.9. The smallest absolute Gasteiger partial charge is 0.410 e. The molecule has 2 amide bonds. The van der Waals surface area contributed by atoms with Crippen molar-refractivity contribution in [3.63, 3.8) is 0 Å². The van der Waals surface area contributed by atoms with Crippen LogP contribution in [0.5, 0.6) is 0 Å². The van der Waals surface area contributed by atoms with E-state index in [9.17, 15) is 9.59 Å². The lowest BCUT2D eigenvalue weighted by atomic mass is 10.1. The maximum atomic E-state index is 13.6. The molecular weight excluding hydrogens is 568 g/mol. The van der Waals surface area contributed by atoms with Gasteiger partial charge in [-0.2, -0.15) is 5.10 Å². The number of carbonyl (C=O) groups excluding carboxylic acids is 2. The molecule has 202 valence electrons. The first kappa shape index (κ1) is 26.8. The molecule has 9 nitrogen and oxygen atoms in total. The van der Waals surface area contributed by atoms with E-state index < -0.39 is 5.60 Å². The predicted octanol–water partition coefficient (Wildman–Crippen LogP) is 5.89. The Labute approximate surface area is 235 Å². The molecule has 0 N–H and O–H groups in total. The third kappa shape index (κ3) is 5.78. The molecule has 38 heavy (non-hydrogen) atoms. The van der Waals surface area contributed by atoms with Crippen LogP contribution in [0.2, 0.25) is 0 Å². The normalized spacial score (nSPS) is 17.8. The van der Waals surface area contributed by atoms with Crippen molar-refractivity contribution < 1.29 is 14.3 Å².